The van der Waals surface area contributed by atoms with Crippen LogP contribution in [0.3, 0.4) is 0 Å². The van der Waals surface area contributed by atoms with Gasteiger partial charge in [-0.15, -0.1) is 0 Å². The molecule has 116 valence electrons. The third-order valence-electron chi connectivity index (χ3n) is 3.39. The van der Waals surface area contributed by atoms with Crippen LogP contribution in [0.25, 0.3) is 0 Å². The topological polar surface area (TPSA) is 68.8 Å². The number of hydrogen-bond acceptors (Lipinski definition) is 5. The fraction of sp³-hybridized carbons (Fsp3) is 0.533. The van der Waals surface area contributed by atoms with Crippen LogP contribution >= 0.6 is 0 Å². The van der Waals surface area contributed by atoms with Crippen molar-refractivity contribution in [1.29, 1.82) is 0 Å². The van der Waals surface area contributed by atoms with Gasteiger partial charge in [-0.05, 0) is 18.2 Å². The summed E-state index contributed by atoms with van der Waals surface area (Å²) in [5.74, 6) is 1.60. The van der Waals surface area contributed by atoms with Crippen LogP contribution in [0, 0.1) is 0 Å². The molecule has 6 heteroatoms. The predicted octanol–water partition coefficient (Wildman–Crippen LogP) is 0.871. The number of ether oxygens (including phenoxy) is 3. The Bertz CT molecular complexity index is 479. The van der Waals surface area contributed by atoms with Crippen molar-refractivity contribution in [3.63, 3.8) is 0 Å². The van der Waals surface area contributed by atoms with E-state index in [2.05, 4.69) is 10.6 Å². The lowest BCUT2D eigenvalue weighted by Crippen LogP contribution is -2.38. The molecule has 1 heterocycles. The number of methoxy groups -OCH3 is 2. The number of hydrogen-bond donors (Lipinski definition) is 2. The highest BCUT2D eigenvalue weighted by Crippen LogP contribution is 2.34. The zero-order chi connectivity index (χ0) is 15.1. The summed E-state index contributed by atoms with van der Waals surface area (Å²) in [5, 5.41) is 6.05. The molecule has 0 saturated carbocycles. The molecule has 1 aromatic rings. The first-order valence-electron chi connectivity index (χ1n) is 7.04. The maximum absolute atomic E-state index is 11.7. The number of rotatable bonds is 7. The van der Waals surface area contributed by atoms with Gasteiger partial charge in [0.05, 0.1) is 26.9 Å². The lowest BCUT2D eigenvalue weighted by atomic mass is 10.00. The van der Waals surface area contributed by atoms with Gasteiger partial charge < -0.3 is 24.8 Å². The Labute approximate surface area is 124 Å². The maximum Gasteiger partial charge on any atom is 0.234 e. The van der Waals surface area contributed by atoms with E-state index in [1.54, 1.807) is 14.2 Å². The van der Waals surface area contributed by atoms with Crippen LogP contribution in [0.4, 0.5) is 0 Å². The minimum atomic E-state index is -0.0389. The molecule has 1 unspecified atom stereocenters. The highest BCUT2D eigenvalue weighted by Gasteiger charge is 2.22. The Kier molecular flexibility index (Phi) is 5.83. The summed E-state index contributed by atoms with van der Waals surface area (Å²) in [6, 6.07) is 5.82. The Hall–Kier alpha value is -1.79. The molecular weight excluding hydrogens is 272 g/mol. The largest absolute Gasteiger partial charge is 0.497 e. The SMILES string of the molecule is COCCNC(=O)CNC1CCOc2ccc(OC)cc21. The summed E-state index contributed by atoms with van der Waals surface area (Å²) >= 11 is 0. The van der Waals surface area contributed by atoms with Crippen LogP contribution in [0.2, 0.25) is 0 Å². The minimum Gasteiger partial charge on any atom is -0.497 e. The number of carbonyl (C=O) groups excluding carboxylic acids is 1. The first-order valence-corrected chi connectivity index (χ1v) is 7.04. The van der Waals surface area contributed by atoms with Gasteiger partial charge in [0, 0.05) is 31.7 Å². The maximum atomic E-state index is 11.7. The Morgan fingerprint density at radius 3 is 3.05 bits per heavy atom. The second-order valence-corrected chi connectivity index (χ2v) is 4.82. The van der Waals surface area contributed by atoms with Crippen LogP contribution < -0.4 is 20.1 Å². The molecule has 0 radical (unpaired) electrons. The van der Waals surface area contributed by atoms with Crippen LogP contribution in [-0.2, 0) is 9.53 Å². The quantitative estimate of drug-likeness (QED) is 0.730. The molecule has 0 spiro atoms. The van der Waals surface area contributed by atoms with Crippen molar-refractivity contribution in [1.82, 2.24) is 10.6 Å². The molecule has 21 heavy (non-hydrogen) atoms. The zero-order valence-corrected chi connectivity index (χ0v) is 12.5. The van der Waals surface area contributed by atoms with Crippen LogP contribution in [-0.4, -0.2) is 46.4 Å². The van der Waals surface area contributed by atoms with Crippen LogP contribution in [0.5, 0.6) is 11.5 Å². The van der Waals surface area contributed by atoms with Crippen molar-refractivity contribution in [3.05, 3.63) is 23.8 Å². The number of amides is 1. The second-order valence-electron chi connectivity index (χ2n) is 4.82. The van der Waals surface area contributed by atoms with E-state index < -0.39 is 0 Å². The van der Waals surface area contributed by atoms with E-state index in [9.17, 15) is 4.79 Å². The number of nitrogens with one attached hydrogen (secondary N) is 2. The van der Waals surface area contributed by atoms with E-state index in [0.29, 0.717) is 19.8 Å². The predicted molar refractivity (Wildman–Crippen MR) is 78.7 cm³/mol. The van der Waals surface area contributed by atoms with Crippen molar-refractivity contribution in [2.75, 3.05) is 40.5 Å². The van der Waals surface area contributed by atoms with Crippen LogP contribution in [0.15, 0.2) is 18.2 Å². The highest BCUT2D eigenvalue weighted by molar-refractivity contribution is 5.78. The molecule has 0 aliphatic carbocycles. The molecule has 2 rings (SSSR count). The molecule has 6 nitrogen and oxygen atoms in total. The summed E-state index contributed by atoms with van der Waals surface area (Å²) in [7, 11) is 3.24. The van der Waals surface area contributed by atoms with Crippen molar-refractivity contribution in [3.8, 4) is 11.5 Å². The van der Waals surface area contributed by atoms with Gasteiger partial charge in [0.2, 0.25) is 5.91 Å². The summed E-state index contributed by atoms with van der Waals surface area (Å²) in [4.78, 5) is 11.7. The van der Waals surface area contributed by atoms with Crippen molar-refractivity contribution < 1.29 is 19.0 Å². The van der Waals surface area contributed by atoms with Gasteiger partial charge in [-0.25, -0.2) is 0 Å². The zero-order valence-electron chi connectivity index (χ0n) is 12.5. The minimum absolute atomic E-state index is 0.0389. The van der Waals surface area contributed by atoms with Crippen molar-refractivity contribution in [2.24, 2.45) is 0 Å². The molecule has 1 atom stereocenters. The molecule has 0 bridgehead atoms. The van der Waals surface area contributed by atoms with E-state index >= 15 is 0 Å². The Morgan fingerprint density at radius 2 is 2.29 bits per heavy atom. The molecule has 1 aliphatic heterocycles. The van der Waals surface area contributed by atoms with Crippen LogP contribution in [0.1, 0.15) is 18.0 Å². The fourth-order valence-electron chi connectivity index (χ4n) is 2.28. The van der Waals surface area contributed by atoms with Gasteiger partial charge >= 0.3 is 0 Å². The van der Waals surface area contributed by atoms with E-state index in [1.807, 2.05) is 18.2 Å². The normalized spacial score (nSPS) is 16.8. The standard InChI is InChI=1S/C15H22N2O4/c1-19-8-6-16-15(18)10-17-13-5-7-21-14-4-3-11(20-2)9-12(13)14/h3-4,9,13,17H,5-8,10H2,1-2H3,(H,16,18). The summed E-state index contributed by atoms with van der Waals surface area (Å²) in [6.07, 6.45) is 0.825. The molecule has 1 amide bonds. The molecule has 1 aromatic carbocycles. The van der Waals surface area contributed by atoms with Gasteiger partial charge in [0.15, 0.2) is 0 Å². The summed E-state index contributed by atoms with van der Waals surface area (Å²) in [6.45, 7) is 1.95. The van der Waals surface area contributed by atoms with E-state index in [-0.39, 0.29) is 18.5 Å². The molecule has 0 saturated heterocycles. The average molecular weight is 294 g/mol. The van der Waals surface area contributed by atoms with E-state index in [4.69, 9.17) is 14.2 Å². The number of carbonyl (C=O) groups is 1. The van der Waals surface area contributed by atoms with Gasteiger partial charge in [0.1, 0.15) is 11.5 Å². The molecular formula is C15H22N2O4. The first kappa shape index (κ1) is 15.6. The van der Waals surface area contributed by atoms with Gasteiger partial charge in [-0.1, -0.05) is 0 Å². The monoisotopic (exact) mass is 294 g/mol. The fourth-order valence-corrected chi connectivity index (χ4v) is 2.28. The first-order chi connectivity index (χ1) is 10.2. The van der Waals surface area contributed by atoms with E-state index in [1.165, 1.54) is 0 Å². The third-order valence-corrected chi connectivity index (χ3v) is 3.39. The van der Waals surface area contributed by atoms with Crippen molar-refractivity contribution in [2.45, 2.75) is 12.5 Å². The lowest BCUT2D eigenvalue weighted by Gasteiger charge is -2.27. The summed E-state index contributed by atoms with van der Waals surface area (Å²) in [5.41, 5.74) is 1.03. The molecule has 0 aromatic heterocycles. The van der Waals surface area contributed by atoms with Gasteiger partial charge in [0.25, 0.3) is 0 Å². The second kappa shape index (κ2) is 7.85. The number of benzene rings is 1. The van der Waals surface area contributed by atoms with Gasteiger partial charge in [-0.2, -0.15) is 0 Å². The van der Waals surface area contributed by atoms with Gasteiger partial charge in [-0.3, -0.25) is 4.79 Å². The van der Waals surface area contributed by atoms with E-state index in [0.717, 1.165) is 23.5 Å². The average Bonchev–Trinajstić information content (AvgIpc) is 2.52. The smallest absolute Gasteiger partial charge is 0.234 e. The highest BCUT2D eigenvalue weighted by atomic mass is 16.5. The Morgan fingerprint density at radius 1 is 1.43 bits per heavy atom. The molecule has 1 aliphatic rings. The molecule has 2 N–H and O–H groups in total. The number of fused-ring (bicyclic) bond motifs is 1. The summed E-state index contributed by atoms with van der Waals surface area (Å²) < 4.78 is 15.8. The molecule has 0 fully saturated rings. The third kappa shape index (κ3) is 4.34. The Balaban J connectivity index is 1.92. The lowest BCUT2D eigenvalue weighted by molar-refractivity contribution is -0.120. The van der Waals surface area contributed by atoms with Crippen molar-refractivity contribution >= 4 is 5.91 Å².